The molecule has 0 atom stereocenters. The van der Waals surface area contributed by atoms with Crippen LogP contribution in [0.15, 0.2) is 24.4 Å². The molecule has 0 unspecified atom stereocenters. The Hall–Kier alpha value is -2.44. The second kappa shape index (κ2) is 7.43. The fourth-order valence-corrected chi connectivity index (χ4v) is 3.74. The normalized spacial score (nSPS) is 18.3. The minimum Gasteiger partial charge on any atom is -0.356 e. The lowest BCUT2D eigenvalue weighted by atomic mass is 10.1. The van der Waals surface area contributed by atoms with E-state index in [2.05, 4.69) is 30.8 Å². The van der Waals surface area contributed by atoms with Crippen molar-refractivity contribution in [1.82, 2.24) is 15.0 Å². The molecule has 2 aliphatic heterocycles. The van der Waals surface area contributed by atoms with Gasteiger partial charge in [-0.3, -0.25) is 0 Å². The number of anilines is 3. The molecule has 0 aliphatic carbocycles. The van der Waals surface area contributed by atoms with Crippen LogP contribution in [-0.4, -0.2) is 54.2 Å². The maximum atomic E-state index is 14.0. The smallest absolute Gasteiger partial charge is 0.165 e. The Kier molecular flexibility index (Phi) is 4.86. The molecule has 0 amide bonds. The topological polar surface area (TPSA) is 48.4 Å². The molecule has 7 heteroatoms. The quantitative estimate of drug-likeness (QED) is 0.843. The van der Waals surface area contributed by atoms with Crippen LogP contribution >= 0.6 is 0 Å². The molecule has 0 saturated carbocycles. The molecule has 2 aromatic heterocycles. The highest BCUT2D eigenvalue weighted by Gasteiger charge is 2.22. The number of aryl methyl sites for hydroxylation is 1. The van der Waals surface area contributed by atoms with Crippen molar-refractivity contribution in [1.29, 1.82) is 0 Å². The summed E-state index contributed by atoms with van der Waals surface area (Å²) in [6, 6.07) is 5.20. The van der Waals surface area contributed by atoms with Gasteiger partial charge in [-0.1, -0.05) is 0 Å². The van der Waals surface area contributed by atoms with E-state index >= 15 is 0 Å². The van der Waals surface area contributed by atoms with Crippen LogP contribution in [0.3, 0.4) is 0 Å². The van der Waals surface area contributed by atoms with E-state index in [1.54, 1.807) is 12.3 Å². The maximum absolute atomic E-state index is 14.0. The monoisotopic (exact) mass is 356 g/mol. The number of nitrogens with zero attached hydrogens (tertiary/aromatic N) is 6. The zero-order valence-corrected chi connectivity index (χ0v) is 15.2. The largest absolute Gasteiger partial charge is 0.356 e. The SMILES string of the molecule is Cc1nc(N2CCCCC2)cc(N2CCN(c3ncccc3F)CC2)n1. The van der Waals surface area contributed by atoms with Crippen molar-refractivity contribution in [2.45, 2.75) is 26.2 Å². The van der Waals surface area contributed by atoms with E-state index < -0.39 is 0 Å². The first-order valence-corrected chi connectivity index (χ1v) is 9.42. The Morgan fingerprint density at radius 1 is 0.846 bits per heavy atom. The molecular weight excluding hydrogens is 331 g/mol. The molecule has 4 heterocycles. The van der Waals surface area contributed by atoms with Crippen LogP contribution in [0.2, 0.25) is 0 Å². The van der Waals surface area contributed by atoms with Crippen LogP contribution in [-0.2, 0) is 0 Å². The van der Waals surface area contributed by atoms with E-state index in [0.717, 1.165) is 56.7 Å². The predicted molar refractivity (Wildman–Crippen MR) is 101 cm³/mol. The standard InChI is InChI=1S/C19H25FN6/c1-15-22-17(24-8-3-2-4-9-24)14-18(23-15)25-10-12-26(13-11-25)19-16(20)6-5-7-21-19/h5-7,14H,2-4,8-13H2,1H3. The fourth-order valence-electron chi connectivity index (χ4n) is 3.74. The summed E-state index contributed by atoms with van der Waals surface area (Å²) < 4.78 is 14.0. The third-order valence-electron chi connectivity index (χ3n) is 5.13. The Labute approximate surface area is 153 Å². The third-order valence-corrected chi connectivity index (χ3v) is 5.13. The molecule has 2 aliphatic rings. The summed E-state index contributed by atoms with van der Waals surface area (Å²) in [4.78, 5) is 20.1. The van der Waals surface area contributed by atoms with Crippen LogP contribution in [0.1, 0.15) is 25.1 Å². The van der Waals surface area contributed by atoms with Crippen molar-refractivity contribution < 1.29 is 4.39 Å². The highest BCUT2D eigenvalue weighted by Crippen LogP contribution is 2.24. The van der Waals surface area contributed by atoms with Crippen molar-refractivity contribution in [3.63, 3.8) is 0 Å². The zero-order chi connectivity index (χ0) is 17.9. The van der Waals surface area contributed by atoms with E-state index in [1.165, 1.54) is 25.3 Å². The van der Waals surface area contributed by atoms with Gasteiger partial charge in [0, 0.05) is 51.5 Å². The van der Waals surface area contributed by atoms with Gasteiger partial charge in [-0.2, -0.15) is 0 Å². The molecule has 138 valence electrons. The van der Waals surface area contributed by atoms with Crippen LogP contribution < -0.4 is 14.7 Å². The Morgan fingerprint density at radius 3 is 2.12 bits per heavy atom. The number of hydrogen-bond acceptors (Lipinski definition) is 6. The van der Waals surface area contributed by atoms with Crippen LogP contribution in [0, 0.1) is 12.7 Å². The number of halogens is 1. The highest BCUT2D eigenvalue weighted by molar-refractivity contribution is 5.53. The maximum Gasteiger partial charge on any atom is 0.165 e. The molecule has 2 saturated heterocycles. The van der Waals surface area contributed by atoms with E-state index in [9.17, 15) is 4.39 Å². The number of aromatic nitrogens is 3. The van der Waals surface area contributed by atoms with Gasteiger partial charge >= 0.3 is 0 Å². The summed E-state index contributed by atoms with van der Waals surface area (Å²) in [6.45, 7) is 7.16. The summed E-state index contributed by atoms with van der Waals surface area (Å²) >= 11 is 0. The Bertz CT molecular complexity index is 753. The minimum atomic E-state index is -0.258. The summed E-state index contributed by atoms with van der Waals surface area (Å²) in [6.07, 6.45) is 5.41. The predicted octanol–water partition coefficient (Wildman–Crippen LogP) is 2.64. The van der Waals surface area contributed by atoms with Crippen LogP contribution in [0.5, 0.6) is 0 Å². The van der Waals surface area contributed by atoms with Crippen molar-refractivity contribution >= 4 is 17.5 Å². The molecule has 4 rings (SSSR count). The summed E-state index contributed by atoms with van der Waals surface area (Å²) in [5.41, 5.74) is 0. The van der Waals surface area contributed by atoms with Crippen molar-refractivity contribution in [2.24, 2.45) is 0 Å². The molecule has 6 nitrogen and oxygen atoms in total. The molecule has 0 bridgehead atoms. The molecule has 0 aromatic carbocycles. The average Bonchev–Trinajstić information content (AvgIpc) is 2.69. The second-order valence-corrected chi connectivity index (χ2v) is 6.96. The van der Waals surface area contributed by atoms with Crippen LogP contribution in [0.25, 0.3) is 0 Å². The van der Waals surface area contributed by atoms with Gasteiger partial charge < -0.3 is 14.7 Å². The molecule has 0 N–H and O–H groups in total. The van der Waals surface area contributed by atoms with Crippen molar-refractivity contribution in [3.05, 3.63) is 36.0 Å². The number of hydrogen-bond donors (Lipinski definition) is 0. The first-order chi connectivity index (χ1) is 12.7. The van der Waals surface area contributed by atoms with E-state index in [0.29, 0.717) is 5.82 Å². The van der Waals surface area contributed by atoms with Gasteiger partial charge in [-0.15, -0.1) is 0 Å². The van der Waals surface area contributed by atoms with Crippen LogP contribution in [0.4, 0.5) is 21.8 Å². The minimum absolute atomic E-state index is 0.258. The van der Waals surface area contributed by atoms with Crippen molar-refractivity contribution in [2.75, 3.05) is 54.0 Å². The lowest BCUT2D eigenvalue weighted by Gasteiger charge is -2.36. The van der Waals surface area contributed by atoms with Crippen molar-refractivity contribution in [3.8, 4) is 0 Å². The first-order valence-electron chi connectivity index (χ1n) is 9.42. The highest BCUT2D eigenvalue weighted by atomic mass is 19.1. The first kappa shape index (κ1) is 17.0. The van der Waals surface area contributed by atoms with E-state index in [4.69, 9.17) is 0 Å². The number of pyridine rings is 1. The number of rotatable bonds is 3. The molecular formula is C19H25FN6. The summed E-state index contributed by atoms with van der Waals surface area (Å²) in [7, 11) is 0. The molecule has 0 radical (unpaired) electrons. The van der Waals surface area contributed by atoms with Gasteiger partial charge in [0.1, 0.15) is 17.5 Å². The molecule has 0 spiro atoms. The van der Waals surface area contributed by atoms with Gasteiger partial charge in [0.05, 0.1) is 0 Å². The van der Waals surface area contributed by atoms with Gasteiger partial charge in [0.2, 0.25) is 0 Å². The van der Waals surface area contributed by atoms with Gasteiger partial charge in [-0.05, 0) is 38.3 Å². The Morgan fingerprint density at radius 2 is 1.46 bits per heavy atom. The molecule has 26 heavy (non-hydrogen) atoms. The lowest BCUT2D eigenvalue weighted by Crippen LogP contribution is -2.47. The lowest BCUT2D eigenvalue weighted by molar-refractivity contribution is 0.571. The van der Waals surface area contributed by atoms with Gasteiger partial charge in [0.25, 0.3) is 0 Å². The van der Waals surface area contributed by atoms with E-state index in [1.807, 2.05) is 11.8 Å². The second-order valence-electron chi connectivity index (χ2n) is 6.96. The summed E-state index contributed by atoms with van der Waals surface area (Å²) in [5.74, 6) is 3.00. The fraction of sp³-hybridized carbons (Fsp3) is 0.526. The van der Waals surface area contributed by atoms with Gasteiger partial charge in [-0.25, -0.2) is 19.3 Å². The third kappa shape index (κ3) is 3.57. The van der Waals surface area contributed by atoms with E-state index in [-0.39, 0.29) is 5.82 Å². The summed E-state index contributed by atoms with van der Waals surface area (Å²) in [5, 5.41) is 0. The van der Waals surface area contributed by atoms with Gasteiger partial charge in [0.15, 0.2) is 11.6 Å². The average molecular weight is 356 g/mol. The number of piperidine rings is 1. The molecule has 2 aromatic rings. The molecule has 2 fully saturated rings. The zero-order valence-electron chi connectivity index (χ0n) is 15.2. The number of piperazine rings is 1. The Balaban J connectivity index is 1.47.